The minimum atomic E-state index is 0.185. The molecule has 7 nitrogen and oxygen atoms in total. The van der Waals surface area contributed by atoms with E-state index < -0.39 is 0 Å². The molecule has 2 N–H and O–H groups in total. The summed E-state index contributed by atoms with van der Waals surface area (Å²) in [4.78, 5) is 8.30. The molecule has 2 heterocycles. The predicted molar refractivity (Wildman–Crippen MR) is 125 cm³/mol. The molecule has 0 bridgehead atoms. The molecule has 1 atom stereocenters. The number of para-hydroxylation sites is 1. The molecule has 3 aromatic rings. The van der Waals surface area contributed by atoms with Crippen LogP contribution < -0.4 is 15.5 Å². The number of thiophene rings is 1. The average molecular weight is 426 g/mol. The lowest BCUT2D eigenvalue weighted by Gasteiger charge is -2.21. The van der Waals surface area contributed by atoms with Gasteiger partial charge in [0.1, 0.15) is 12.4 Å². The van der Waals surface area contributed by atoms with Crippen molar-refractivity contribution in [1.82, 2.24) is 25.4 Å². The van der Waals surface area contributed by atoms with Gasteiger partial charge < -0.3 is 20.1 Å². The van der Waals surface area contributed by atoms with Gasteiger partial charge in [-0.2, -0.15) is 0 Å². The minimum absolute atomic E-state index is 0.185. The van der Waals surface area contributed by atoms with Crippen molar-refractivity contribution >= 4 is 23.0 Å². The maximum atomic E-state index is 4.75. The summed E-state index contributed by atoms with van der Waals surface area (Å²) in [6, 6.07) is 14.8. The Balaban J connectivity index is 1.57. The fourth-order valence-corrected chi connectivity index (χ4v) is 3.77. The first-order chi connectivity index (χ1) is 14.5. The third-order valence-electron chi connectivity index (χ3n) is 5.04. The molecule has 8 heteroatoms. The summed E-state index contributed by atoms with van der Waals surface area (Å²) in [5.74, 6) is 2.53. The van der Waals surface area contributed by atoms with Crippen molar-refractivity contribution < 1.29 is 0 Å². The van der Waals surface area contributed by atoms with Gasteiger partial charge in [-0.3, -0.25) is 0 Å². The molecule has 0 fully saturated rings. The van der Waals surface area contributed by atoms with Crippen LogP contribution in [-0.4, -0.2) is 40.9 Å². The van der Waals surface area contributed by atoms with E-state index in [1.807, 2.05) is 24.6 Å². The quantitative estimate of drug-likeness (QED) is 0.312. The highest BCUT2D eigenvalue weighted by Crippen LogP contribution is 2.18. The molecule has 160 valence electrons. The monoisotopic (exact) mass is 425 g/mol. The Morgan fingerprint density at radius 2 is 2.00 bits per heavy atom. The van der Waals surface area contributed by atoms with Crippen LogP contribution in [0, 0.1) is 6.92 Å². The van der Waals surface area contributed by atoms with Gasteiger partial charge in [0.05, 0.1) is 6.04 Å². The number of hydrogen-bond donors (Lipinski definition) is 2. The molecular weight excluding hydrogens is 394 g/mol. The second-order valence-corrected chi connectivity index (χ2v) is 8.29. The molecule has 3 rings (SSSR count). The fraction of sp³-hybridized carbons (Fsp3) is 0.409. The van der Waals surface area contributed by atoms with E-state index >= 15 is 0 Å². The highest BCUT2D eigenvalue weighted by molar-refractivity contribution is 7.10. The minimum Gasteiger partial charge on any atom is -0.375 e. The molecule has 30 heavy (non-hydrogen) atoms. The van der Waals surface area contributed by atoms with Crippen molar-refractivity contribution in [3.05, 3.63) is 64.4 Å². The van der Waals surface area contributed by atoms with Crippen LogP contribution in [0.3, 0.4) is 0 Å². The van der Waals surface area contributed by atoms with Crippen LogP contribution in [0.15, 0.2) is 52.8 Å². The van der Waals surface area contributed by atoms with Crippen LogP contribution in [0.1, 0.15) is 35.9 Å². The molecule has 1 aromatic carbocycles. The van der Waals surface area contributed by atoms with Crippen molar-refractivity contribution in [2.24, 2.45) is 12.0 Å². The highest BCUT2D eigenvalue weighted by Gasteiger charge is 2.10. The van der Waals surface area contributed by atoms with Crippen molar-refractivity contribution in [3.63, 3.8) is 0 Å². The average Bonchev–Trinajstić information content (AvgIpc) is 3.41. The first-order valence-corrected chi connectivity index (χ1v) is 11.1. The Hall–Kier alpha value is -2.87. The standard InChI is InChI=1S/C22H31N7S/c1-17(20-12-8-15-30-20)25-22(24-16-21-27-26-18(2)29(21)4)23-13-9-14-28(3)19-10-6-5-7-11-19/h5-8,10-12,15,17H,9,13-14,16H2,1-4H3,(H2,23,24,25). The van der Waals surface area contributed by atoms with Crippen LogP contribution in [0.2, 0.25) is 0 Å². The Morgan fingerprint density at radius 1 is 1.20 bits per heavy atom. The number of nitrogens with one attached hydrogen (secondary N) is 2. The maximum absolute atomic E-state index is 4.75. The summed E-state index contributed by atoms with van der Waals surface area (Å²) in [7, 11) is 4.09. The van der Waals surface area contributed by atoms with E-state index in [1.54, 1.807) is 11.3 Å². The number of aryl methyl sites for hydroxylation is 1. The summed E-state index contributed by atoms with van der Waals surface area (Å²) in [5, 5.41) is 17.4. The van der Waals surface area contributed by atoms with Gasteiger partial charge in [-0.25, -0.2) is 4.99 Å². The number of rotatable bonds is 9. The van der Waals surface area contributed by atoms with Crippen LogP contribution in [-0.2, 0) is 13.6 Å². The van der Waals surface area contributed by atoms with Gasteiger partial charge in [0.2, 0.25) is 0 Å². The second kappa shape index (κ2) is 10.8. The second-order valence-electron chi connectivity index (χ2n) is 7.31. The topological polar surface area (TPSA) is 70.4 Å². The number of nitrogens with zero attached hydrogens (tertiary/aromatic N) is 5. The Morgan fingerprint density at radius 3 is 2.67 bits per heavy atom. The first kappa shape index (κ1) is 21.8. The van der Waals surface area contributed by atoms with Crippen molar-refractivity contribution in [3.8, 4) is 0 Å². The van der Waals surface area contributed by atoms with Gasteiger partial charge in [-0.05, 0) is 43.8 Å². The first-order valence-electron chi connectivity index (χ1n) is 10.2. The summed E-state index contributed by atoms with van der Waals surface area (Å²) < 4.78 is 1.97. The molecule has 0 aliphatic carbocycles. The number of anilines is 1. The molecule has 0 aliphatic rings. The van der Waals surface area contributed by atoms with E-state index in [4.69, 9.17) is 4.99 Å². The van der Waals surface area contributed by atoms with E-state index in [1.165, 1.54) is 10.6 Å². The Bertz CT molecular complexity index is 918. The van der Waals surface area contributed by atoms with Crippen LogP contribution in [0.25, 0.3) is 0 Å². The van der Waals surface area contributed by atoms with Crippen LogP contribution in [0.4, 0.5) is 5.69 Å². The van der Waals surface area contributed by atoms with E-state index in [9.17, 15) is 0 Å². The highest BCUT2D eigenvalue weighted by atomic mass is 32.1. The lowest BCUT2D eigenvalue weighted by molar-refractivity contribution is 0.671. The lowest BCUT2D eigenvalue weighted by Crippen LogP contribution is -2.40. The van der Waals surface area contributed by atoms with E-state index in [2.05, 4.69) is 81.5 Å². The van der Waals surface area contributed by atoms with E-state index in [0.717, 1.165) is 37.1 Å². The Labute approximate surface area is 182 Å². The molecular formula is C22H31N7S. The Kier molecular flexibility index (Phi) is 7.84. The largest absolute Gasteiger partial charge is 0.375 e. The number of aliphatic imine (C=N–C) groups is 1. The predicted octanol–water partition coefficient (Wildman–Crippen LogP) is 3.51. The maximum Gasteiger partial charge on any atom is 0.192 e. The number of benzene rings is 1. The van der Waals surface area contributed by atoms with Gasteiger partial charge in [-0.1, -0.05) is 24.3 Å². The smallest absolute Gasteiger partial charge is 0.192 e. The third-order valence-corrected chi connectivity index (χ3v) is 6.10. The number of aromatic nitrogens is 3. The lowest BCUT2D eigenvalue weighted by atomic mass is 10.3. The molecule has 0 amide bonds. The van der Waals surface area contributed by atoms with Crippen LogP contribution in [0.5, 0.6) is 0 Å². The van der Waals surface area contributed by atoms with Crippen molar-refractivity contribution in [2.75, 3.05) is 25.0 Å². The summed E-state index contributed by atoms with van der Waals surface area (Å²) in [6.45, 7) is 6.37. The van der Waals surface area contributed by atoms with E-state index in [-0.39, 0.29) is 6.04 Å². The molecule has 0 saturated heterocycles. The van der Waals surface area contributed by atoms with Gasteiger partial charge in [0.15, 0.2) is 11.8 Å². The summed E-state index contributed by atoms with van der Waals surface area (Å²) in [5.41, 5.74) is 1.23. The summed E-state index contributed by atoms with van der Waals surface area (Å²) in [6.07, 6.45) is 1.00. The number of guanidine groups is 1. The van der Waals surface area contributed by atoms with Crippen molar-refractivity contribution in [2.45, 2.75) is 32.9 Å². The van der Waals surface area contributed by atoms with Gasteiger partial charge in [0, 0.05) is 37.7 Å². The van der Waals surface area contributed by atoms with Gasteiger partial charge >= 0.3 is 0 Å². The SMILES string of the molecule is Cc1nnc(CN=C(NCCCN(C)c2ccccc2)NC(C)c2cccs2)n1C. The fourth-order valence-electron chi connectivity index (χ4n) is 3.04. The molecule has 0 spiro atoms. The zero-order valence-electron chi connectivity index (χ0n) is 18.2. The zero-order chi connectivity index (χ0) is 21.3. The molecule has 1 unspecified atom stereocenters. The number of hydrogen-bond acceptors (Lipinski definition) is 5. The van der Waals surface area contributed by atoms with Gasteiger partial charge in [0.25, 0.3) is 0 Å². The molecule has 0 radical (unpaired) electrons. The third kappa shape index (κ3) is 6.06. The van der Waals surface area contributed by atoms with E-state index in [0.29, 0.717) is 6.54 Å². The normalized spacial score (nSPS) is 12.6. The molecule has 0 saturated carbocycles. The summed E-state index contributed by atoms with van der Waals surface area (Å²) >= 11 is 1.74. The van der Waals surface area contributed by atoms with Gasteiger partial charge in [-0.15, -0.1) is 21.5 Å². The molecule has 2 aromatic heterocycles. The van der Waals surface area contributed by atoms with Crippen molar-refractivity contribution in [1.29, 1.82) is 0 Å². The zero-order valence-corrected chi connectivity index (χ0v) is 19.0. The molecule has 0 aliphatic heterocycles. The van der Waals surface area contributed by atoms with Crippen LogP contribution >= 0.6 is 11.3 Å².